The van der Waals surface area contributed by atoms with E-state index in [-0.39, 0.29) is 0 Å². The lowest BCUT2D eigenvalue weighted by atomic mass is 10.2. The fraction of sp³-hybridized carbons (Fsp3) is 0.250. The molecule has 0 aliphatic heterocycles. The van der Waals surface area contributed by atoms with Crippen LogP contribution in [0.2, 0.25) is 5.15 Å². The van der Waals surface area contributed by atoms with Crippen molar-refractivity contribution in [3.63, 3.8) is 0 Å². The summed E-state index contributed by atoms with van der Waals surface area (Å²) in [5.41, 5.74) is 2.37. The average Bonchev–Trinajstić information content (AvgIpc) is 2.54. The highest BCUT2D eigenvalue weighted by atomic mass is 35.5. The largest absolute Gasteiger partial charge is 0.489 e. The van der Waals surface area contributed by atoms with Gasteiger partial charge in [-0.15, -0.1) is 0 Å². The standard InChI is InChI=1S/C16H17ClN2O4/c1-10-6-12(4-5-13(10)18-16(20)22-3)23-9-11-7-14(17)19-15(8-11)21-2/h4-8H,9H2,1-3H3,(H,18,20). The first-order valence-corrected chi connectivity index (χ1v) is 7.18. The molecule has 1 aromatic carbocycles. The fourth-order valence-electron chi connectivity index (χ4n) is 1.90. The van der Waals surface area contributed by atoms with Crippen molar-refractivity contribution in [3.8, 4) is 11.6 Å². The number of aryl methyl sites for hydroxylation is 1. The molecule has 0 aliphatic rings. The number of benzene rings is 1. The molecule has 1 N–H and O–H groups in total. The minimum absolute atomic E-state index is 0.321. The Kier molecular flexibility index (Phi) is 5.65. The number of carbonyl (C=O) groups excluding carboxylic acids is 1. The zero-order chi connectivity index (χ0) is 16.8. The number of hydrogen-bond donors (Lipinski definition) is 1. The normalized spacial score (nSPS) is 10.1. The molecule has 0 saturated carbocycles. The molecule has 1 amide bonds. The molecule has 0 radical (unpaired) electrons. The van der Waals surface area contributed by atoms with Crippen molar-refractivity contribution >= 4 is 23.4 Å². The maximum atomic E-state index is 11.2. The van der Waals surface area contributed by atoms with Gasteiger partial charge in [-0.3, -0.25) is 5.32 Å². The highest BCUT2D eigenvalue weighted by Crippen LogP contribution is 2.23. The monoisotopic (exact) mass is 336 g/mol. The summed E-state index contributed by atoms with van der Waals surface area (Å²) in [6.07, 6.45) is -0.514. The summed E-state index contributed by atoms with van der Waals surface area (Å²) in [5, 5.41) is 2.97. The molecular formula is C16H17ClN2O4. The third-order valence-corrected chi connectivity index (χ3v) is 3.26. The number of ether oxygens (including phenoxy) is 3. The third-order valence-electron chi connectivity index (χ3n) is 3.07. The maximum absolute atomic E-state index is 11.2. The van der Waals surface area contributed by atoms with Crippen molar-refractivity contribution in [3.05, 3.63) is 46.6 Å². The van der Waals surface area contributed by atoms with Crippen molar-refractivity contribution in [2.45, 2.75) is 13.5 Å². The summed E-state index contributed by atoms with van der Waals surface area (Å²) in [7, 11) is 2.84. The zero-order valence-electron chi connectivity index (χ0n) is 13.1. The molecule has 6 nitrogen and oxygen atoms in total. The van der Waals surface area contributed by atoms with Gasteiger partial charge < -0.3 is 14.2 Å². The van der Waals surface area contributed by atoms with Crippen LogP contribution in [0.1, 0.15) is 11.1 Å². The Labute approximate surface area is 139 Å². The highest BCUT2D eigenvalue weighted by Gasteiger charge is 2.06. The van der Waals surface area contributed by atoms with Gasteiger partial charge in [0.05, 0.1) is 14.2 Å². The second-order valence-corrected chi connectivity index (χ2v) is 5.11. The van der Waals surface area contributed by atoms with Crippen LogP contribution in [-0.2, 0) is 11.3 Å². The van der Waals surface area contributed by atoms with Crippen LogP contribution < -0.4 is 14.8 Å². The van der Waals surface area contributed by atoms with E-state index >= 15 is 0 Å². The molecule has 122 valence electrons. The molecular weight excluding hydrogens is 320 g/mol. The van der Waals surface area contributed by atoms with E-state index in [2.05, 4.69) is 15.0 Å². The molecule has 0 fully saturated rings. The number of nitrogens with zero attached hydrogens (tertiary/aromatic N) is 1. The second-order valence-electron chi connectivity index (χ2n) is 4.72. The summed E-state index contributed by atoms with van der Waals surface area (Å²) in [6.45, 7) is 2.19. The first-order valence-electron chi connectivity index (χ1n) is 6.80. The molecule has 23 heavy (non-hydrogen) atoms. The SMILES string of the molecule is COC(=O)Nc1ccc(OCc2cc(Cl)nc(OC)c2)cc1C. The summed E-state index contributed by atoms with van der Waals surface area (Å²) in [5.74, 6) is 1.11. The lowest BCUT2D eigenvalue weighted by molar-refractivity contribution is 0.187. The van der Waals surface area contributed by atoms with Crippen molar-refractivity contribution in [1.82, 2.24) is 4.98 Å². The van der Waals surface area contributed by atoms with Crippen LogP contribution in [0.3, 0.4) is 0 Å². The number of nitrogens with one attached hydrogen (secondary N) is 1. The van der Waals surface area contributed by atoms with Crippen LogP contribution in [0.4, 0.5) is 10.5 Å². The minimum atomic E-state index is -0.514. The number of anilines is 1. The predicted octanol–water partition coefficient (Wildman–Crippen LogP) is 3.81. The molecule has 2 aromatic rings. The van der Waals surface area contributed by atoms with Crippen LogP contribution >= 0.6 is 11.6 Å². The summed E-state index contributed by atoms with van der Waals surface area (Å²) in [4.78, 5) is 15.2. The van der Waals surface area contributed by atoms with E-state index in [9.17, 15) is 4.79 Å². The summed E-state index contributed by atoms with van der Waals surface area (Å²) < 4.78 is 15.4. The smallest absolute Gasteiger partial charge is 0.411 e. The molecule has 1 heterocycles. The maximum Gasteiger partial charge on any atom is 0.411 e. The third kappa shape index (κ3) is 4.75. The van der Waals surface area contributed by atoms with E-state index in [0.717, 1.165) is 11.1 Å². The highest BCUT2D eigenvalue weighted by molar-refractivity contribution is 6.29. The van der Waals surface area contributed by atoms with Crippen LogP contribution in [0, 0.1) is 6.92 Å². The molecule has 0 spiro atoms. The zero-order valence-corrected chi connectivity index (χ0v) is 13.8. The first-order chi connectivity index (χ1) is 11.0. The first kappa shape index (κ1) is 16.9. The number of pyridine rings is 1. The topological polar surface area (TPSA) is 69.7 Å². The fourth-order valence-corrected chi connectivity index (χ4v) is 2.13. The van der Waals surface area contributed by atoms with Gasteiger partial charge in [0, 0.05) is 11.8 Å². The molecule has 7 heteroatoms. The Balaban J connectivity index is 2.05. The lowest BCUT2D eigenvalue weighted by Gasteiger charge is -2.11. The van der Waals surface area contributed by atoms with Gasteiger partial charge >= 0.3 is 6.09 Å². The number of amides is 1. The average molecular weight is 337 g/mol. The number of hydrogen-bond acceptors (Lipinski definition) is 5. The van der Waals surface area contributed by atoms with E-state index in [0.29, 0.717) is 29.1 Å². The molecule has 0 saturated heterocycles. The van der Waals surface area contributed by atoms with Crippen LogP contribution in [-0.4, -0.2) is 25.3 Å². The lowest BCUT2D eigenvalue weighted by Crippen LogP contribution is -2.11. The van der Waals surface area contributed by atoms with E-state index < -0.39 is 6.09 Å². The summed E-state index contributed by atoms with van der Waals surface area (Å²) >= 11 is 5.92. The number of rotatable bonds is 5. The quantitative estimate of drug-likeness (QED) is 0.841. The van der Waals surface area contributed by atoms with Crippen molar-refractivity contribution in [2.24, 2.45) is 0 Å². The molecule has 2 rings (SSSR count). The van der Waals surface area contributed by atoms with Crippen LogP contribution in [0.25, 0.3) is 0 Å². The van der Waals surface area contributed by atoms with Gasteiger partial charge in [0.1, 0.15) is 17.5 Å². The van der Waals surface area contributed by atoms with Gasteiger partial charge in [-0.25, -0.2) is 9.78 Å². The molecule has 1 aromatic heterocycles. The minimum Gasteiger partial charge on any atom is -0.489 e. The van der Waals surface area contributed by atoms with E-state index in [1.54, 1.807) is 24.3 Å². The number of methoxy groups -OCH3 is 2. The van der Waals surface area contributed by atoms with Gasteiger partial charge in [0.15, 0.2) is 0 Å². The molecule has 0 aliphatic carbocycles. The van der Waals surface area contributed by atoms with E-state index in [1.165, 1.54) is 14.2 Å². The second kappa shape index (κ2) is 7.69. The number of halogens is 1. The van der Waals surface area contributed by atoms with E-state index in [4.69, 9.17) is 21.1 Å². The van der Waals surface area contributed by atoms with E-state index in [1.807, 2.05) is 13.0 Å². The number of carbonyl (C=O) groups is 1. The Morgan fingerprint density at radius 2 is 2.04 bits per heavy atom. The van der Waals surface area contributed by atoms with Crippen molar-refractivity contribution < 1.29 is 19.0 Å². The Hall–Kier alpha value is -2.47. The van der Waals surface area contributed by atoms with Crippen LogP contribution in [0.15, 0.2) is 30.3 Å². The molecule has 0 bridgehead atoms. The van der Waals surface area contributed by atoms with Gasteiger partial charge in [-0.2, -0.15) is 0 Å². The van der Waals surface area contributed by atoms with Crippen molar-refractivity contribution in [2.75, 3.05) is 19.5 Å². The Morgan fingerprint density at radius 3 is 2.70 bits per heavy atom. The summed E-state index contributed by atoms with van der Waals surface area (Å²) in [6, 6.07) is 8.81. The van der Waals surface area contributed by atoms with Crippen LogP contribution in [0.5, 0.6) is 11.6 Å². The predicted molar refractivity (Wildman–Crippen MR) is 87.3 cm³/mol. The molecule has 0 atom stereocenters. The Bertz CT molecular complexity index is 706. The van der Waals surface area contributed by atoms with Gasteiger partial charge in [0.25, 0.3) is 0 Å². The van der Waals surface area contributed by atoms with Gasteiger partial charge in [-0.1, -0.05) is 11.6 Å². The van der Waals surface area contributed by atoms with Gasteiger partial charge in [0.2, 0.25) is 5.88 Å². The molecule has 0 unspecified atom stereocenters. The Morgan fingerprint density at radius 1 is 1.26 bits per heavy atom. The van der Waals surface area contributed by atoms with Crippen molar-refractivity contribution in [1.29, 1.82) is 0 Å². The number of aromatic nitrogens is 1. The van der Waals surface area contributed by atoms with Gasteiger partial charge in [-0.05, 0) is 42.3 Å².